The van der Waals surface area contributed by atoms with Crippen molar-refractivity contribution >= 4 is 5.57 Å². The van der Waals surface area contributed by atoms with Gasteiger partial charge in [0, 0.05) is 5.41 Å². The molecule has 0 aliphatic rings. The van der Waals surface area contributed by atoms with Crippen LogP contribution in [0.3, 0.4) is 0 Å². The molecule has 0 N–H and O–H groups in total. The van der Waals surface area contributed by atoms with Crippen molar-refractivity contribution in [2.24, 2.45) is 5.41 Å². The molecular weight excluding hydrogens is 156 g/mol. The van der Waals surface area contributed by atoms with E-state index in [-0.39, 0.29) is 5.41 Å². The van der Waals surface area contributed by atoms with Gasteiger partial charge in [0.15, 0.2) is 0 Å². The molecule has 0 aromatic heterocycles. The van der Waals surface area contributed by atoms with Crippen LogP contribution in [-0.2, 0) is 0 Å². The Bertz CT molecular complexity index is 304. The number of hydrogen-bond donors (Lipinski definition) is 0. The van der Waals surface area contributed by atoms with E-state index < -0.39 is 0 Å². The molecule has 1 rings (SSSR count). The predicted molar refractivity (Wildman–Crippen MR) is 59.5 cm³/mol. The molecule has 0 heteroatoms. The fourth-order valence-corrected chi connectivity index (χ4v) is 1.13. The minimum atomic E-state index is -0.0264. The van der Waals surface area contributed by atoms with Gasteiger partial charge in [-0.2, -0.15) is 0 Å². The molecule has 13 heavy (non-hydrogen) atoms. The first-order chi connectivity index (χ1) is 6.08. The Morgan fingerprint density at radius 3 is 2.23 bits per heavy atom. The van der Waals surface area contributed by atoms with Gasteiger partial charge in [0.25, 0.3) is 0 Å². The van der Waals surface area contributed by atoms with Crippen LogP contribution in [0.2, 0.25) is 0 Å². The van der Waals surface area contributed by atoms with Gasteiger partial charge in [-0.3, -0.25) is 0 Å². The van der Waals surface area contributed by atoms with E-state index >= 15 is 0 Å². The standard InChI is InChI=1S/C13H16/c1-5-13(3,4)11(2)12-9-7-6-8-10-12/h5-10H,1-2H2,3-4H3. The molecule has 1 aromatic carbocycles. The Balaban J connectivity index is 2.99. The van der Waals surface area contributed by atoms with Gasteiger partial charge in [-0.05, 0) is 11.1 Å². The summed E-state index contributed by atoms with van der Waals surface area (Å²) in [6.07, 6.45) is 1.93. The Morgan fingerprint density at radius 2 is 1.77 bits per heavy atom. The summed E-state index contributed by atoms with van der Waals surface area (Å²) < 4.78 is 0. The molecule has 0 unspecified atom stereocenters. The van der Waals surface area contributed by atoms with Gasteiger partial charge in [0.2, 0.25) is 0 Å². The molecule has 0 heterocycles. The van der Waals surface area contributed by atoms with E-state index in [0.717, 1.165) is 5.57 Å². The normalized spacial score (nSPS) is 10.9. The van der Waals surface area contributed by atoms with Gasteiger partial charge in [-0.15, -0.1) is 6.58 Å². The van der Waals surface area contributed by atoms with Crippen molar-refractivity contribution in [3.8, 4) is 0 Å². The average Bonchev–Trinajstić information content (AvgIpc) is 2.18. The van der Waals surface area contributed by atoms with Crippen LogP contribution in [-0.4, -0.2) is 0 Å². The first kappa shape index (κ1) is 9.79. The lowest BCUT2D eigenvalue weighted by molar-refractivity contribution is 0.653. The Hall–Kier alpha value is -1.30. The number of hydrogen-bond acceptors (Lipinski definition) is 0. The van der Waals surface area contributed by atoms with Crippen LogP contribution >= 0.6 is 0 Å². The van der Waals surface area contributed by atoms with Crippen LogP contribution in [0.15, 0.2) is 49.6 Å². The quantitative estimate of drug-likeness (QED) is 0.606. The minimum absolute atomic E-state index is 0.0264. The molecular formula is C13H16. The lowest BCUT2D eigenvalue weighted by atomic mass is 9.81. The molecule has 0 nitrogen and oxygen atoms in total. The molecule has 0 fully saturated rings. The lowest BCUT2D eigenvalue weighted by Gasteiger charge is -2.23. The van der Waals surface area contributed by atoms with E-state index in [1.807, 2.05) is 24.3 Å². The van der Waals surface area contributed by atoms with Crippen molar-refractivity contribution in [1.29, 1.82) is 0 Å². The van der Waals surface area contributed by atoms with E-state index in [1.165, 1.54) is 5.56 Å². The van der Waals surface area contributed by atoms with Crippen molar-refractivity contribution < 1.29 is 0 Å². The zero-order valence-corrected chi connectivity index (χ0v) is 8.38. The van der Waals surface area contributed by atoms with E-state index in [1.54, 1.807) is 0 Å². The number of allylic oxidation sites excluding steroid dienone is 2. The fourth-order valence-electron chi connectivity index (χ4n) is 1.13. The zero-order chi connectivity index (χ0) is 9.90. The molecule has 0 saturated carbocycles. The van der Waals surface area contributed by atoms with Crippen LogP contribution in [0.25, 0.3) is 5.57 Å². The second-order valence-corrected chi connectivity index (χ2v) is 3.77. The Morgan fingerprint density at radius 1 is 1.23 bits per heavy atom. The van der Waals surface area contributed by atoms with E-state index in [9.17, 15) is 0 Å². The summed E-state index contributed by atoms with van der Waals surface area (Å²) in [6.45, 7) is 12.2. The maximum atomic E-state index is 4.10. The Kier molecular flexibility index (Phi) is 2.72. The highest BCUT2D eigenvalue weighted by Gasteiger charge is 2.17. The van der Waals surface area contributed by atoms with Gasteiger partial charge in [0.1, 0.15) is 0 Å². The summed E-state index contributed by atoms with van der Waals surface area (Å²) in [7, 11) is 0. The third-order valence-corrected chi connectivity index (χ3v) is 2.41. The first-order valence-corrected chi connectivity index (χ1v) is 4.46. The molecule has 68 valence electrons. The zero-order valence-electron chi connectivity index (χ0n) is 8.38. The molecule has 0 amide bonds. The molecule has 1 aromatic rings. The third-order valence-electron chi connectivity index (χ3n) is 2.41. The van der Waals surface area contributed by atoms with E-state index in [0.29, 0.717) is 0 Å². The predicted octanol–water partition coefficient (Wildman–Crippen LogP) is 3.91. The molecule has 0 aliphatic heterocycles. The van der Waals surface area contributed by atoms with E-state index in [2.05, 4.69) is 39.1 Å². The van der Waals surface area contributed by atoms with Crippen molar-refractivity contribution in [2.75, 3.05) is 0 Å². The maximum absolute atomic E-state index is 4.10. The second-order valence-electron chi connectivity index (χ2n) is 3.77. The summed E-state index contributed by atoms with van der Waals surface area (Å²) in [5.74, 6) is 0. The highest BCUT2D eigenvalue weighted by Crippen LogP contribution is 2.33. The SMILES string of the molecule is C=CC(C)(C)C(=C)c1ccccc1. The summed E-state index contributed by atoms with van der Waals surface area (Å²) in [4.78, 5) is 0. The molecule has 0 spiro atoms. The van der Waals surface area contributed by atoms with Gasteiger partial charge < -0.3 is 0 Å². The summed E-state index contributed by atoms with van der Waals surface area (Å²) in [5, 5.41) is 0. The molecule has 0 radical (unpaired) electrons. The topological polar surface area (TPSA) is 0 Å². The molecule has 0 aliphatic carbocycles. The van der Waals surface area contributed by atoms with E-state index in [4.69, 9.17) is 0 Å². The fraction of sp³-hybridized carbons (Fsp3) is 0.231. The lowest BCUT2D eigenvalue weighted by Crippen LogP contribution is -2.08. The van der Waals surface area contributed by atoms with Gasteiger partial charge in [-0.1, -0.05) is 56.8 Å². The molecule has 0 bridgehead atoms. The van der Waals surface area contributed by atoms with Crippen LogP contribution in [0, 0.1) is 5.41 Å². The van der Waals surface area contributed by atoms with Crippen LogP contribution in [0.5, 0.6) is 0 Å². The van der Waals surface area contributed by atoms with Gasteiger partial charge >= 0.3 is 0 Å². The summed E-state index contributed by atoms with van der Waals surface area (Å²) in [6, 6.07) is 10.2. The van der Waals surface area contributed by atoms with Crippen molar-refractivity contribution in [1.82, 2.24) is 0 Å². The first-order valence-electron chi connectivity index (χ1n) is 4.46. The van der Waals surface area contributed by atoms with Crippen LogP contribution in [0.1, 0.15) is 19.4 Å². The largest absolute Gasteiger partial charge is 0.102 e. The summed E-state index contributed by atoms with van der Waals surface area (Å²) in [5.41, 5.74) is 2.27. The van der Waals surface area contributed by atoms with Crippen molar-refractivity contribution in [3.05, 3.63) is 55.1 Å². The van der Waals surface area contributed by atoms with Crippen molar-refractivity contribution in [3.63, 3.8) is 0 Å². The van der Waals surface area contributed by atoms with Crippen molar-refractivity contribution in [2.45, 2.75) is 13.8 Å². The molecule has 0 atom stereocenters. The highest BCUT2D eigenvalue weighted by atomic mass is 14.2. The monoisotopic (exact) mass is 172 g/mol. The number of rotatable bonds is 3. The van der Waals surface area contributed by atoms with Crippen LogP contribution in [0.4, 0.5) is 0 Å². The maximum Gasteiger partial charge on any atom is 0.00727 e. The van der Waals surface area contributed by atoms with Gasteiger partial charge in [0.05, 0.1) is 0 Å². The minimum Gasteiger partial charge on any atom is -0.102 e. The second kappa shape index (κ2) is 3.61. The van der Waals surface area contributed by atoms with Crippen LogP contribution < -0.4 is 0 Å². The highest BCUT2D eigenvalue weighted by molar-refractivity contribution is 5.69. The number of benzene rings is 1. The Labute approximate surface area is 80.6 Å². The smallest absolute Gasteiger partial charge is 0.00727 e. The summed E-state index contributed by atoms with van der Waals surface area (Å²) >= 11 is 0. The third kappa shape index (κ3) is 2.09. The van der Waals surface area contributed by atoms with Gasteiger partial charge in [-0.25, -0.2) is 0 Å². The molecule has 0 saturated heterocycles. The average molecular weight is 172 g/mol.